The molecule has 2 aliphatic rings. The number of fused-ring (bicyclic) bond motifs is 2. The molecule has 8 rings (SSSR count). The van der Waals surface area contributed by atoms with Crippen molar-refractivity contribution in [2.24, 2.45) is 0 Å². The van der Waals surface area contributed by atoms with Crippen LogP contribution in [0.1, 0.15) is 35.4 Å². The third-order valence-electron chi connectivity index (χ3n) is 8.19. The number of allylic oxidation sites excluding steroid dienone is 8. The van der Waals surface area contributed by atoms with Crippen molar-refractivity contribution in [2.45, 2.75) is 40.5 Å². The molecular weight excluding hydrogens is 656 g/mol. The van der Waals surface area contributed by atoms with Crippen LogP contribution in [-0.2, 0) is 21.7 Å². The average molecular weight is 691 g/mol. The average Bonchev–Trinajstić information content (AvgIpc) is 3.92. The molecule has 0 fully saturated rings. The van der Waals surface area contributed by atoms with Gasteiger partial charge in [0.25, 0.3) is 0 Å². The van der Waals surface area contributed by atoms with Crippen molar-refractivity contribution in [3.8, 4) is 11.4 Å². The van der Waals surface area contributed by atoms with Crippen LogP contribution < -0.4 is 0 Å². The zero-order chi connectivity index (χ0) is 34.2. The van der Waals surface area contributed by atoms with E-state index < -0.39 is 23.3 Å². The number of nitrogens with zero attached hydrogens (tertiary/aromatic N) is 2. The number of aromatic nitrogens is 2. The van der Waals surface area contributed by atoms with Gasteiger partial charge in [0.05, 0.1) is 0 Å². The van der Waals surface area contributed by atoms with Crippen LogP contribution in [0.3, 0.4) is 0 Å². The van der Waals surface area contributed by atoms with E-state index in [-0.39, 0.29) is 21.7 Å². The largest absolute Gasteiger partial charge is 4.00 e. The molecule has 2 aromatic heterocycles. The number of hydrogen-bond donors (Lipinski definition) is 0. The van der Waals surface area contributed by atoms with Gasteiger partial charge in [0.15, 0.2) is 0 Å². The van der Waals surface area contributed by atoms with Gasteiger partial charge < -0.3 is 9.13 Å². The van der Waals surface area contributed by atoms with E-state index in [0.717, 1.165) is 57.2 Å². The summed E-state index contributed by atoms with van der Waals surface area (Å²) in [7, 11) is 0. The van der Waals surface area contributed by atoms with Gasteiger partial charge in [-0.1, -0.05) is 36.4 Å². The summed E-state index contributed by atoms with van der Waals surface area (Å²) in [5.74, 6) is -2.73. The van der Waals surface area contributed by atoms with E-state index in [2.05, 4.69) is 36.4 Å². The van der Waals surface area contributed by atoms with Gasteiger partial charge in [0.2, 0.25) is 0 Å². The maximum atomic E-state index is 13.9. The Kier molecular flexibility index (Phi) is 13.0. The molecule has 2 nitrogen and oxygen atoms in total. The summed E-state index contributed by atoms with van der Waals surface area (Å²) in [4.78, 5) is 0. The maximum Gasteiger partial charge on any atom is 4.00 e. The molecule has 244 valence electrons. The second-order valence-electron chi connectivity index (χ2n) is 11.1. The fraction of sp³-hybridized carbons (Fsp3) is 0.143. The molecule has 0 saturated heterocycles. The van der Waals surface area contributed by atoms with Crippen LogP contribution >= 0.6 is 0 Å². The minimum atomic E-state index is -0.688. The minimum Gasteiger partial charge on any atom is -0.366 e. The number of rotatable bonds is 2. The smallest absolute Gasteiger partial charge is 0.366 e. The van der Waals surface area contributed by atoms with Crippen molar-refractivity contribution in [1.82, 2.24) is 9.13 Å². The second-order valence-corrected chi connectivity index (χ2v) is 11.1. The summed E-state index contributed by atoms with van der Waals surface area (Å²) in [5, 5.41) is 2.15. The minimum absolute atomic E-state index is 0. The topological polar surface area (TPSA) is 9.86 Å². The fourth-order valence-corrected chi connectivity index (χ4v) is 5.58. The molecule has 0 unspecified atom stereocenters. The number of aryl methyl sites for hydroxylation is 2. The van der Waals surface area contributed by atoms with Gasteiger partial charge >= 0.3 is 21.7 Å². The quantitative estimate of drug-likeness (QED) is 0.0973. The van der Waals surface area contributed by atoms with Crippen LogP contribution in [0.15, 0.2) is 109 Å². The zero-order valence-corrected chi connectivity index (χ0v) is 29.3. The Morgan fingerprint density at radius 3 is 1.22 bits per heavy atom. The Hall–Kier alpha value is -4.65. The van der Waals surface area contributed by atoms with Crippen molar-refractivity contribution in [3.05, 3.63) is 179 Å². The van der Waals surface area contributed by atoms with Crippen molar-refractivity contribution >= 4 is 21.8 Å². The fourth-order valence-electron chi connectivity index (χ4n) is 5.58. The molecule has 2 heterocycles. The number of halogens is 4. The molecule has 49 heavy (non-hydrogen) atoms. The molecule has 0 saturated carbocycles. The van der Waals surface area contributed by atoms with E-state index in [1.54, 1.807) is 9.13 Å². The number of hydrogen-bond acceptors (Lipinski definition) is 0. The first-order chi connectivity index (χ1) is 23.2. The molecule has 4 aromatic carbocycles. The Morgan fingerprint density at radius 1 is 0.531 bits per heavy atom. The Morgan fingerprint density at radius 2 is 0.918 bits per heavy atom. The second kappa shape index (κ2) is 17.1. The van der Waals surface area contributed by atoms with Crippen molar-refractivity contribution in [1.29, 1.82) is 0 Å². The summed E-state index contributed by atoms with van der Waals surface area (Å²) in [6, 6.07) is 25.1. The zero-order valence-electron chi connectivity index (χ0n) is 27.7. The predicted molar refractivity (Wildman–Crippen MR) is 186 cm³/mol. The summed E-state index contributed by atoms with van der Waals surface area (Å²) < 4.78 is 57.4. The Balaban J connectivity index is 0.000000169. The van der Waals surface area contributed by atoms with Crippen LogP contribution in [0.5, 0.6) is 0 Å². The van der Waals surface area contributed by atoms with E-state index >= 15 is 0 Å². The van der Waals surface area contributed by atoms with E-state index in [1.165, 1.54) is 24.3 Å². The molecule has 0 atom stereocenters. The van der Waals surface area contributed by atoms with Crippen molar-refractivity contribution < 1.29 is 39.3 Å². The van der Waals surface area contributed by atoms with Crippen molar-refractivity contribution in [3.63, 3.8) is 0 Å². The van der Waals surface area contributed by atoms with Gasteiger partial charge in [0, 0.05) is 56.5 Å². The van der Waals surface area contributed by atoms with Gasteiger partial charge in [-0.15, -0.1) is 49.2 Å². The molecular formula is C42H34F4N2Ti. The van der Waals surface area contributed by atoms with Gasteiger partial charge in [-0.05, 0) is 62.3 Å². The van der Waals surface area contributed by atoms with E-state index in [0.29, 0.717) is 11.4 Å². The maximum absolute atomic E-state index is 13.9. The van der Waals surface area contributed by atoms with Crippen LogP contribution in [0.25, 0.3) is 33.2 Å². The first-order valence-electron chi connectivity index (χ1n) is 15.5. The monoisotopic (exact) mass is 690 g/mol. The Labute approximate surface area is 300 Å². The van der Waals surface area contributed by atoms with E-state index in [9.17, 15) is 17.6 Å². The number of benzene rings is 4. The first kappa shape index (κ1) is 37.2. The molecule has 7 heteroatoms. The van der Waals surface area contributed by atoms with E-state index in [1.807, 2.05) is 101 Å². The third-order valence-corrected chi connectivity index (χ3v) is 8.19. The standard InChI is InChI=1S/2C16H12F2N.2C5H5.Ti/c2*1-10-11(2)19(15-6-4-3-5-13(10)15)16-8-7-12(17)9-14(16)18;2*1-2-4-5-3-1;/h2*3-8H,1-2H3;2*1-3H,4H2;/q4*-1;+4. The predicted octanol–water partition coefficient (Wildman–Crippen LogP) is 11.3. The molecule has 0 amide bonds. The van der Waals surface area contributed by atoms with Gasteiger partial charge in [-0.3, -0.25) is 12.2 Å². The SMILES string of the molecule is Cc1c(C)n(-c2ccc(F)[c-]c2F)c2ccccc12.Cc1c(C)n(-c2ccc(F)[c-]c2F)c2ccccc12.[C-]1=CC=CC1.[C-]1=CC=CC1.[Ti+4]. The van der Waals surface area contributed by atoms with Gasteiger partial charge in [0.1, 0.15) is 0 Å². The van der Waals surface area contributed by atoms with Gasteiger partial charge in [-0.2, -0.15) is 12.2 Å². The van der Waals surface area contributed by atoms with Crippen LogP contribution in [0.2, 0.25) is 0 Å². The van der Waals surface area contributed by atoms with Crippen LogP contribution in [0, 0.1) is 75.2 Å². The molecule has 6 aromatic rings. The van der Waals surface area contributed by atoms with Crippen LogP contribution in [0.4, 0.5) is 17.6 Å². The first-order valence-corrected chi connectivity index (χ1v) is 15.5. The number of para-hydroxylation sites is 2. The molecule has 2 aliphatic carbocycles. The third kappa shape index (κ3) is 8.51. The molecule has 0 spiro atoms. The van der Waals surface area contributed by atoms with Crippen LogP contribution in [-0.4, -0.2) is 9.13 Å². The van der Waals surface area contributed by atoms with Crippen molar-refractivity contribution in [2.75, 3.05) is 0 Å². The summed E-state index contributed by atoms with van der Waals surface area (Å²) >= 11 is 0. The molecule has 0 N–H and O–H groups in total. The molecule has 0 radical (unpaired) electrons. The summed E-state index contributed by atoms with van der Waals surface area (Å²) in [6.07, 6.45) is 20.0. The molecule has 0 aliphatic heterocycles. The summed E-state index contributed by atoms with van der Waals surface area (Å²) in [6.45, 7) is 7.86. The Bertz CT molecular complexity index is 2010. The van der Waals surface area contributed by atoms with Gasteiger partial charge in [-0.25, -0.2) is 41.9 Å². The normalized spacial score (nSPS) is 12.2. The summed E-state index contributed by atoms with van der Waals surface area (Å²) in [5.41, 5.74) is 6.55. The molecule has 0 bridgehead atoms. The van der Waals surface area contributed by atoms with E-state index in [4.69, 9.17) is 0 Å².